The quantitative estimate of drug-likeness (QED) is 0.885. The predicted octanol–water partition coefficient (Wildman–Crippen LogP) is 2.47. The summed E-state index contributed by atoms with van der Waals surface area (Å²) < 4.78 is 0. The first-order chi connectivity index (χ1) is 8.74. The van der Waals surface area contributed by atoms with Gasteiger partial charge in [-0.15, -0.1) is 0 Å². The molecule has 1 N–H and O–H groups in total. The Morgan fingerprint density at radius 1 is 1.44 bits per heavy atom. The van der Waals surface area contributed by atoms with Gasteiger partial charge >= 0.3 is 0 Å². The van der Waals surface area contributed by atoms with Crippen LogP contribution in [0.4, 0.5) is 0 Å². The number of likely N-dealkylation sites (tertiary alicyclic amines) is 1. The highest BCUT2D eigenvalue weighted by Crippen LogP contribution is 2.23. The Balaban J connectivity index is 1.98. The van der Waals surface area contributed by atoms with E-state index in [9.17, 15) is 5.11 Å². The highest BCUT2D eigenvalue weighted by molar-refractivity contribution is 5.32. The monoisotopic (exact) mass is 244 g/mol. The van der Waals surface area contributed by atoms with Crippen molar-refractivity contribution in [3.63, 3.8) is 0 Å². The summed E-state index contributed by atoms with van der Waals surface area (Å²) in [5, 5.41) is 19.0. The van der Waals surface area contributed by atoms with Crippen molar-refractivity contribution in [2.45, 2.75) is 38.3 Å². The van der Waals surface area contributed by atoms with E-state index in [1.54, 1.807) is 12.1 Å². The Kier molecular flexibility index (Phi) is 4.35. The Bertz CT molecular complexity index is 421. The maximum Gasteiger partial charge on any atom is 0.0991 e. The van der Waals surface area contributed by atoms with E-state index in [1.165, 1.54) is 12.8 Å². The zero-order valence-electron chi connectivity index (χ0n) is 10.8. The molecule has 3 nitrogen and oxygen atoms in total. The second-order valence-corrected chi connectivity index (χ2v) is 4.95. The van der Waals surface area contributed by atoms with Crippen LogP contribution in [0.5, 0.6) is 0 Å². The minimum Gasteiger partial charge on any atom is -0.387 e. The predicted molar refractivity (Wildman–Crippen MR) is 71.0 cm³/mol. The molecule has 1 saturated heterocycles. The minimum atomic E-state index is -0.454. The van der Waals surface area contributed by atoms with Crippen LogP contribution in [0.25, 0.3) is 0 Å². The number of β-amino-alcohol motifs (C(OH)–C–C–N with tert-alkyl or cyclic N) is 1. The molecular formula is C15H20N2O. The molecule has 2 rings (SSSR count). The summed E-state index contributed by atoms with van der Waals surface area (Å²) in [5.41, 5.74) is 1.54. The fraction of sp³-hybridized carbons (Fsp3) is 0.533. The maximum absolute atomic E-state index is 10.2. The van der Waals surface area contributed by atoms with Crippen LogP contribution >= 0.6 is 0 Å². The molecular weight excluding hydrogens is 224 g/mol. The summed E-state index contributed by atoms with van der Waals surface area (Å²) in [5.74, 6) is 0. The van der Waals surface area contributed by atoms with Crippen molar-refractivity contribution in [1.82, 2.24) is 4.90 Å². The van der Waals surface area contributed by atoms with Gasteiger partial charge in [0.25, 0.3) is 0 Å². The van der Waals surface area contributed by atoms with Gasteiger partial charge < -0.3 is 5.11 Å². The van der Waals surface area contributed by atoms with Crippen LogP contribution in [0.2, 0.25) is 0 Å². The van der Waals surface area contributed by atoms with Gasteiger partial charge in [0.2, 0.25) is 0 Å². The van der Waals surface area contributed by atoms with E-state index in [1.807, 2.05) is 12.1 Å². The molecule has 1 aliphatic heterocycles. The second kappa shape index (κ2) is 5.99. The molecule has 0 aliphatic carbocycles. The standard InChI is InChI=1S/C15H20N2O/c1-2-14-4-3-9-17(14)11-15(18)13-7-5-12(10-16)6-8-13/h5-8,14-15,18H,2-4,9,11H2,1H3. The summed E-state index contributed by atoms with van der Waals surface area (Å²) >= 11 is 0. The summed E-state index contributed by atoms with van der Waals surface area (Å²) in [7, 11) is 0. The normalized spacial score (nSPS) is 21.7. The van der Waals surface area contributed by atoms with Crippen molar-refractivity contribution < 1.29 is 5.11 Å². The number of hydrogen-bond acceptors (Lipinski definition) is 3. The van der Waals surface area contributed by atoms with Gasteiger partial charge in [-0.3, -0.25) is 4.90 Å². The molecule has 0 amide bonds. The van der Waals surface area contributed by atoms with Crippen molar-refractivity contribution >= 4 is 0 Å². The summed E-state index contributed by atoms with van der Waals surface area (Å²) in [6.45, 7) is 3.99. The molecule has 0 radical (unpaired) electrons. The van der Waals surface area contributed by atoms with Crippen LogP contribution in [0.15, 0.2) is 24.3 Å². The Hall–Kier alpha value is -1.37. The Morgan fingerprint density at radius 2 is 2.17 bits per heavy atom. The highest BCUT2D eigenvalue weighted by atomic mass is 16.3. The molecule has 1 aromatic rings. The molecule has 0 spiro atoms. The van der Waals surface area contributed by atoms with E-state index in [-0.39, 0.29) is 0 Å². The first-order valence-electron chi connectivity index (χ1n) is 6.66. The maximum atomic E-state index is 10.2. The van der Waals surface area contributed by atoms with E-state index < -0.39 is 6.10 Å². The van der Waals surface area contributed by atoms with Crippen molar-refractivity contribution in [3.8, 4) is 6.07 Å². The van der Waals surface area contributed by atoms with E-state index in [0.717, 1.165) is 18.5 Å². The average Bonchev–Trinajstić information content (AvgIpc) is 2.86. The van der Waals surface area contributed by atoms with Gasteiger partial charge in [-0.05, 0) is 43.5 Å². The molecule has 2 atom stereocenters. The first kappa shape index (κ1) is 13.1. The van der Waals surface area contributed by atoms with Gasteiger partial charge in [-0.25, -0.2) is 0 Å². The van der Waals surface area contributed by atoms with Crippen LogP contribution in [-0.4, -0.2) is 29.1 Å². The van der Waals surface area contributed by atoms with Crippen molar-refractivity contribution in [3.05, 3.63) is 35.4 Å². The van der Waals surface area contributed by atoms with Gasteiger partial charge in [-0.2, -0.15) is 5.26 Å². The van der Waals surface area contributed by atoms with Crippen LogP contribution in [0.3, 0.4) is 0 Å². The van der Waals surface area contributed by atoms with E-state index in [0.29, 0.717) is 18.2 Å². The SMILES string of the molecule is CCC1CCCN1CC(O)c1ccc(C#N)cc1. The lowest BCUT2D eigenvalue weighted by atomic mass is 10.1. The molecule has 0 bridgehead atoms. The number of benzene rings is 1. The van der Waals surface area contributed by atoms with E-state index in [2.05, 4.69) is 17.9 Å². The molecule has 0 saturated carbocycles. The van der Waals surface area contributed by atoms with Crippen LogP contribution in [-0.2, 0) is 0 Å². The Morgan fingerprint density at radius 3 is 2.78 bits per heavy atom. The third-order valence-electron chi connectivity index (χ3n) is 3.80. The summed E-state index contributed by atoms with van der Waals surface area (Å²) in [6, 6.07) is 9.94. The molecule has 0 aromatic heterocycles. The molecule has 1 fully saturated rings. The van der Waals surface area contributed by atoms with Gasteiger partial charge in [0, 0.05) is 12.6 Å². The lowest BCUT2D eigenvalue weighted by Gasteiger charge is -2.26. The zero-order chi connectivity index (χ0) is 13.0. The topological polar surface area (TPSA) is 47.3 Å². The molecule has 1 heterocycles. The number of nitriles is 1. The van der Waals surface area contributed by atoms with Gasteiger partial charge in [0.05, 0.1) is 17.7 Å². The third kappa shape index (κ3) is 2.90. The van der Waals surface area contributed by atoms with Crippen LogP contribution in [0.1, 0.15) is 43.4 Å². The van der Waals surface area contributed by atoms with Gasteiger partial charge in [0.1, 0.15) is 0 Å². The van der Waals surface area contributed by atoms with Crippen LogP contribution < -0.4 is 0 Å². The van der Waals surface area contributed by atoms with Crippen LogP contribution in [0, 0.1) is 11.3 Å². The summed E-state index contributed by atoms with van der Waals surface area (Å²) in [6.07, 6.45) is 3.18. The minimum absolute atomic E-state index is 0.454. The van der Waals surface area contributed by atoms with E-state index >= 15 is 0 Å². The average molecular weight is 244 g/mol. The van der Waals surface area contributed by atoms with Gasteiger partial charge in [0.15, 0.2) is 0 Å². The largest absolute Gasteiger partial charge is 0.387 e. The zero-order valence-corrected chi connectivity index (χ0v) is 10.8. The van der Waals surface area contributed by atoms with E-state index in [4.69, 9.17) is 5.26 Å². The molecule has 18 heavy (non-hydrogen) atoms. The fourth-order valence-electron chi connectivity index (χ4n) is 2.71. The molecule has 3 heteroatoms. The van der Waals surface area contributed by atoms with Gasteiger partial charge in [-0.1, -0.05) is 19.1 Å². The second-order valence-electron chi connectivity index (χ2n) is 4.95. The first-order valence-corrected chi connectivity index (χ1v) is 6.66. The van der Waals surface area contributed by atoms with Crippen molar-refractivity contribution in [2.75, 3.05) is 13.1 Å². The number of rotatable bonds is 4. The van der Waals surface area contributed by atoms with Crippen molar-refractivity contribution in [1.29, 1.82) is 5.26 Å². The van der Waals surface area contributed by atoms with Crippen molar-refractivity contribution in [2.24, 2.45) is 0 Å². The molecule has 1 aromatic carbocycles. The lowest BCUT2D eigenvalue weighted by molar-refractivity contribution is 0.105. The molecule has 96 valence electrons. The number of hydrogen-bond donors (Lipinski definition) is 1. The number of aliphatic hydroxyl groups is 1. The lowest BCUT2D eigenvalue weighted by Crippen LogP contribution is -2.32. The number of aliphatic hydroxyl groups excluding tert-OH is 1. The summed E-state index contributed by atoms with van der Waals surface area (Å²) in [4.78, 5) is 2.38. The Labute approximate surface area is 109 Å². The molecule has 1 aliphatic rings. The fourth-order valence-corrected chi connectivity index (χ4v) is 2.71. The highest BCUT2D eigenvalue weighted by Gasteiger charge is 2.25. The third-order valence-corrected chi connectivity index (χ3v) is 3.80. The molecule has 2 unspecified atom stereocenters. The number of nitrogens with zero attached hydrogens (tertiary/aromatic N) is 2. The smallest absolute Gasteiger partial charge is 0.0991 e.